The van der Waals surface area contributed by atoms with Gasteiger partial charge in [-0.2, -0.15) is 0 Å². The minimum absolute atomic E-state index is 0.154. The van der Waals surface area contributed by atoms with Crippen LogP contribution in [0.2, 0.25) is 0 Å². The number of rotatable bonds is 4. The third-order valence-electron chi connectivity index (χ3n) is 3.53. The summed E-state index contributed by atoms with van der Waals surface area (Å²) in [5.74, 6) is 1.65. The molecule has 1 atom stereocenters. The van der Waals surface area contributed by atoms with Gasteiger partial charge in [-0.05, 0) is 24.8 Å². The molecular formula is C15H23N3O. The number of hydrogen-bond acceptors (Lipinski definition) is 3. The summed E-state index contributed by atoms with van der Waals surface area (Å²) in [5, 5.41) is 3.40. The Morgan fingerprint density at radius 3 is 3.05 bits per heavy atom. The molecule has 1 saturated heterocycles. The summed E-state index contributed by atoms with van der Waals surface area (Å²) in [6, 6.07) is 4.22. The van der Waals surface area contributed by atoms with Gasteiger partial charge < -0.3 is 10.2 Å². The monoisotopic (exact) mass is 261 g/mol. The van der Waals surface area contributed by atoms with Crippen LogP contribution in [-0.4, -0.2) is 28.9 Å². The highest BCUT2D eigenvalue weighted by Crippen LogP contribution is 2.34. The van der Waals surface area contributed by atoms with Crippen molar-refractivity contribution in [2.24, 2.45) is 5.92 Å². The second kappa shape index (κ2) is 6.04. The fourth-order valence-corrected chi connectivity index (χ4v) is 2.60. The summed E-state index contributed by atoms with van der Waals surface area (Å²) >= 11 is 0. The predicted molar refractivity (Wildman–Crippen MR) is 76.9 cm³/mol. The summed E-state index contributed by atoms with van der Waals surface area (Å²) in [5.41, 5.74) is 1.15. The smallest absolute Gasteiger partial charge is 0.219 e. The molecule has 4 nitrogen and oxygen atoms in total. The van der Waals surface area contributed by atoms with Gasteiger partial charge in [0.1, 0.15) is 5.82 Å². The standard InChI is InChI=1S/C15H23N3O/c1-11(2)10-17-15-13(6-4-8-16-15)14-7-5-9-18(14)12(3)19/h4,6,8,11,14H,5,7,9-10H2,1-3H3,(H,16,17). The van der Waals surface area contributed by atoms with Crippen molar-refractivity contribution in [3.05, 3.63) is 23.9 Å². The lowest BCUT2D eigenvalue weighted by molar-refractivity contribution is -0.129. The zero-order valence-corrected chi connectivity index (χ0v) is 12.0. The number of amides is 1. The number of carbonyl (C=O) groups excluding carboxylic acids is 1. The number of nitrogens with one attached hydrogen (secondary N) is 1. The number of likely N-dealkylation sites (tertiary alicyclic amines) is 1. The maximum absolute atomic E-state index is 11.7. The number of nitrogens with zero attached hydrogens (tertiary/aromatic N) is 2. The van der Waals surface area contributed by atoms with E-state index < -0.39 is 0 Å². The fraction of sp³-hybridized carbons (Fsp3) is 0.600. The van der Waals surface area contributed by atoms with Gasteiger partial charge in [0.15, 0.2) is 0 Å². The Hall–Kier alpha value is -1.58. The molecule has 4 heteroatoms. The molecule has 0 bridgehead atoms. The van der Waals surface area contributed by atoms with Gasteiger partial charge in [0.2, 0.25) is 5.91 Å². The van der Waals surface area contributed by atoms with E-state index in [1.54, 1.807) is 13.1 Å². The van der Waals surface area contributed by atoms with E-state index >= 15 is 0 Å². The lowest BCUT2D eigenvalue weighted by atomic mass is 10.0. The van der Waals surface area contributed by atoms with Gasteiger partial charge in [0.25, 0.3) is 0 Å². The van der Waals surface area contributed by atoms with Gasteiger partial charge in [-0.1, -0.05) is 19.9 Å². The Morgan fingerprint density at radius 2 is 2.37 bits per heavy atom. The molecule has 1 aliphatic rings. The van der Waals surface area contributed by atoms with Crippen LogP contribution in [0, 0.1) is 5.92 Å². The lowest BCUT2D eigenvalue weighted by Crippen LogP contribution is -2.28. The first-order valence-electron chi connectivity index (χ1n) is 7.05. The zero-order valence-electron chi connectivity index (χ0n) is 12.0. The molecule has 0 aliphatic carbocycles. The van der Waals surface area contributed by atoms with Crippen LogP contribution in [0.25, 0.3) is 0 Å². The van der Waals surface area contributed by atoms with E-state index in [-0.39, 0.29) is 11.9 Å². The van der Waals surface area contributed by atoms with E-state index in [1.165, 1.54) is 0 Å². The van der Waals surface area contributed by atoms with E-state index in [9.17, 15) is 4.79 Å². The zero-order chi connectivity index (χ0) is 13.8. The molecule has 104 valence electrons. The second-order valence-corrected chi connectivity index (χ2v) is 5.59. The molecule has 1 aromatic rings. The maximum Gasteiger partial charge on any atom is 0.219 e. The Bertz CT molecular complexity index is 445. The van der Waals surface area contributed by atoms with Crippen molar-refractivity contribution in [2.45, 2.75) is 39.7 Å². The maximum atomic E-state index is 11.7. The number of carbonyl (C=O) groups is 1. The highest BCUT2D eigenvalue weighted by atomic mass is 16.2. The van der Waals surface area contributed by atoms with Crippen molar-refractivity contribution in [1.82, 2.24) is 9.88 Å². The van der Waals surface area contributed by atoms with Gasteiger partial charge >= 0.3 is 0 Å². The van der Waals surface area contributed by atoms with Crippen LogP contribution in [0.15, 0.2) is 18.3 Å². The Balaban J connectivity index is 2.21. The van der Waals surface area contributed by atoms with Crippen LogP contribution < -0.4 is 5.32 Å². The van der Waals surface area contributed by atoms with Crippen LogP contribution in [0.1, 0.15) is 45.2 Å². The SMILES string of the molecule is CC(=O)N1CCCC1c1cccnc1NCC(C)C. The van der Waals surface area contributed by atoms with Crippen LogP contribution in [0.3, 0.4) is 0 Å². The minimum atomic E-state index is 0.154. The van der Waals surface area contributed by atoms with Crippen molar-refractivity contribution in [3.8, 4) is 0 Å². The highest BCUT2D eigenvalue weighted by Gasteiger charge is 2.29. The molecule has 0 saturated carbocycles. The number of anilines is 1. The van der Waals surface area contributed by atoms with Crippen molar-refractivity contribution in [2.75, 3.05) is 18.4 Å². The van der Waals surface area contributed by atoms with Gasteiger partial charge in [-0.25, -0.2) is 4.98 Å². The van der Waals surface area contributed by atoms with Crippen molar-refractivity contribution in [3.63, 3.8) is 0 Å². The van der Waals surface area contributed by atoms with E-state index in [2.05, 4.69) is 30.2 Å². The summed E-state index contributed by atoms with van der Waals surface area (Å²) in [7, 11) is 0. The van der Waals surface area contributed by atoms with E-state index in [0.717, 1.165) is 37.3 Å². The highest BCUT2D eigenvalue weighted by molar-refractivity contribution is 5.74. The third-order valence-corrected chi connectivity index (χ3v) is 3.53. The molecule has 19 heavy (non-hydrogen) atoms. The Morgan fingerprint density at radius 1 is 1.58 bits per heavy atom. The number of aromatic nitrogens is 1. The molecule has 1 amide bonds. The van der Waals surface area contributed by atoms with Crippen LogP contribution >= 0.6 is 0 Å². The van der Waals surface area contributed by atoms with Crippen LogP contribution in [-0.2, 0) is 4.79 Å². The third kappa shape index (κ3) is 3.25. The molecule has 2 rings (SSSR count). The average Bonchev–Trinajstić information content (AvgIpc) is 2.85. The molecule has 1 aromatic heterocycles. The molecule has 1 unspecified atom stereocenters. The molecule has 1 N–H and O–H groups in total. The topological polar surface area (TPSA) is 45.2 Å². The molecular weight excluding hydrogens is 238 g/mol. The van der Waals surface area contributed by atoms with Gasteiger partial charge in [0.05, 0.1) is 6.04 Å². The first-order chi connectivity index (χ1) is 9.09. The Labute approximate surface area is 115 Å². The molecule has 1 aliphatic heterocycles. The van der Waals surface area contributed by atoms with Gasteiger partial charge in [-0.3, -0.25) is 4.79 Å². The van der Waals surface area contributed by atoms with Gasteiger partial charge in [-0.15, -0.1) is 0 Å². The van der Waals surface area contributed by atoms with E-state index in [4.69, 9.17) is 0 Å². The summed E-state index contributed by atoms with van der Waals surface area (Å²) in [4.78, 5) is 18.1. The summed E-state index contributed by atoms with van der Waals surface area (Å²) in [6.45, 7) is 7.76. The Kier molecular flexibility index (Phi) is 4.40. The molecule has 0 spiro atoms. The molecule has 0 aromatic carbocycles. The lowest BCUT2D eigenvalue weighted by Gasteiger charge is -2.25. The fourth-order valence-electron chi connectivity index (χ4n) is 2.60. The summed E-state index contributed by atoms with van der Waals surface area (Å²) < 4.78 is 0. The van der Waals surface area contributed by atoms with E-state index in [0.29, 0.717) is 5.92 Å². The molecule has 1 fully saturated rings. The second-order valence-electron chi connectivity index (χ2n) is 5.59. The predicted octanol–water partition coefficient (Wildman–Crippen LogP) is 2.83. The van der Waals surface area contributed by atoms with Crippen LogP contribution in [0.5, 0.6) is 0 Å². The molecule has 0 radical (unpaired) electrons. The van der Waals surface area contributed by atoms with Crippen LogP contribution in [0.4, 0.5) is 5.82 Å². The quantitative estimate of drug-likeness (QED) is 0.906. The van der Waals surface area contributed by atoms with E-state index in [1.807, 2.05) is 11.0 Å². The summed E-state index contributed by atoms with van der Waals surface area (Å²) in [6.07, 6.45) is 3.91. The van der Waals surface area contributed by atoms with Crippen molar-refractivity contribution >= 4 is 11.7 Å². The average molecular weight is 261 g/mol. The largest absolute Gasteiger partial charge is 0.370 e. The molecule has 2 heterocycles. The minimum Gasteiger partial charge on any atom is -0.370 e. The number of hydrogen-bond donors (Lipinski definition) is 1. The first-order valence-corrected chi connectivity index (χ1v) is 7.05. The number of pyridine rings is 1. The first kappa shape index (κ1) is 13.8. The van der Waals surface area contributed by atoms with Crippen molar-refractivity contribution < 1.29 is 4.79 Å². The van der Waals surface area contributed by atoms with Crippen molar-refractivity contribution in [1.29, 1.82) is 0 Å². The normalized spacial score (nSPS) is 18.9. The van der Waals surface area contributed by atoms with Gasteiger partial charge in [0, 0.05) is 31.8 Å².